The van der Waals surface area contributed by atoms with Crippen molar-refractivity contribution in [3.05, 3.63) is 12.2 Å². The highest BCUT2D eigenvalue weighted by Crippen LogP contribution is 2.52. The van der Waals surface area contributed by atoms with Crippen LogP contribution in [0, 0.1) is 29.6 Å². The van der Waals surface area contributed by atoms with Crippen molar-refractivity contribution in [1.29, 1.82) is 0 Å². The maximum Gasteiger partial charge on any atom is 0.240 e. The van der Waals surface area contributed by atoms with Crippen molar-refractivity contribution in [3.63, 3.8) is 0 Å². The van der Waals surface area contributed by atoms with Gasteiger partial charge in [0.25, 0.3) is 0 Å². The van der Waals surface area contributed by atoms with E-state index in [0.717, 1.165) is 18.9 Å². The number of hydrogen-bond donors (Lipinski definition) is 2. The number of likely N-dealkylation sites (tertiary alicyclic amines) is 2. The van der Waals surface area contributed by atoms with E-state index in [1.807, 2.05) is 0 Å². The second-order valence-corrected chi connectivity index (χ2v) is 8.29. The number of carbonyl (C=O) groups excluding carboxylic acids is 3. The van der Waals surface area contributed by atoms with Crippen molar-refractivity contribution in [2.24, 2.45) is 29.6 Å². The number of fused-ring (bicyclic) bond motifs is 5. The van der Waals surface area contributed by atoms with Crippen molar-refractivity contribution in [1.82, 2.24) is 10.2 Å². The molecule has 2 bridgehead atoms. The van der Waals surface area contributed by atoms with Gasteiger partial charge in [0.15, 0.2) is 0 Å². The second-order valence-electron chi connectivity index (χ2n) is 8.29. The van der Waals surface area contributed by atoms with E-state index in [9.17, 15) is 14.4 Å². The Bertz CT molecular complexity index is 579. The van der Waals surface area contributed by atoms with E-state index in [0.29, 0.717) is 6.54 Å². The molecular formula is C19H28N3O3+. The largest absolute Gasteiger partial charge is 0.349 e. The number of nitrogens with zero attached hydrogens (tertiary/aromatic N) is 1. The highest BCUT2D eigenvalue weighted by atomic mass is 16.2. The Morgan fingerprint density at radius 1 is 1.16 bits per heavy atom. The molecule has 0 spiro atoms. The molecule has 6 nitrogen and oxygen atoms in total. The lowest BCUT2D eigenvalue weighted by molar-refractivity contribution is -0.904. The molecule has 2 saturated heterocycles. The first-order valence-corrected chi connectivity index (χ1v) is 9.68. The number of allylic oxidation sites excluding steroid dienone is 2. The van der Waals surface area contributed by atoms with E-state index in [4.69, 9.17) is 0 Å². The van der Waals surface area contributed by atoms with E-state index in [2.05, 4.69) is 24.4 Å². The van der Waals surface area contributed by atoms with Crippen LogP contribution in [0.25, 0.3) is 0 Å². The van der Waals surface area contributed by atoms with Gasteiger partial charge in [-0.15, -0.1) is 0 Å². The molecule has 4 aliphatic rings. The van der Waals surface area contributed by atoms with Gasteiger partial charge in [-0.25, -0.2) is 0 Å². The Morgan fingerprint density at radius 3 is 2.36 bits per heavy atom. The van der Waals surface area contributed by atoms with Crippen molar-refractivity contribution in [2.75, 3.05) is 32.7 Å². The van der Waals surface area contributed by atoms with Crippen LogP contribution in [-0.2, 0) is 14.4 Å². The summed E-state index contributed by atoms with van der Waals surface area (Å²) in [5.74, 6) is 0.288. The van der Waals surface area contributed by atoms with Crippen molar-refractivity contribution < 1.29 is 19.3 Å². The van der Waals surface area contributed by atoms with Gasteiger partial charge in [-0.2, -0.15) is 0 Å². The Kier molecular flexibility index (Phi) is 4.40. The summed E-state index contributed by atoms with van der Waals surface area (Å²) in [5.41, 5.74) is 0. The number of quaternary nitrogens is 1. The zero-order chi connectivity index (χ0) is 17.6. The number of carbonyl (C=O) groups is 3. The number of piperidine rings is 1. The number of nitrogens with one attached hydrogen (secondary N) is 2. The van der Waals surface area contributed by atoms with Crippen LogP contribution in [0.1, 0.15) is 26.2 Å². The molecule has 6 heteroatoms. The van der Waals surface area contributed by atoms with E-state index >= 15 is 0 Å². The topological polar surface area (TPSA) is 70.9 Å². The third-order valence-electron chi connectivity index (χ3n) is 6.65. The van der Waals surface area contributed by atoms with Crippen LogP contribution in [0.3, 0.4) is 0 Å². The van der Waals surface area contributed by atoms with Crippen molar-refractivity contribution in [2.45, 2.75) is 26.2 Å². The lowest BCUT2D eigenvalue weighted by Crippen LogP contribution is -3.13. The lowest BCUT2D eigenvalue weighted by Gasteiger charge is -2.27. The average molecular weight is 346 g/mol. The third-order valence-corrected chi connectivity index (χ3v) is 6.65. The molecule has 136 valence electrons. The first kappa shape index (κ1) is 16.8. The number of hydrogen-bond acceptors (Lipinski definition) is 3. The molecule has 3 amide bonds. The Morgan fingerprint density at radius 2 is 1.76 bits per heavy atom. The number of amides is 3. The fourth-order valence-corrected chi connectivity index (χ4v) is 5.12. The van der Waals surface area contributed by atoms with Gasteiger partial charge >= 0.3 is 0 Å². The van der Waals surface area contributed by atoms with Gasteiger partial charge in [0, 0.05) is 0 Å². The maximum atomic E-state index is 12.6. The first-order valence-electron chi connectivity index (χ1n) is 9.68. The predicted molar refractivity (Wildman–Crippen MR) is 91.4 cm³/mol. The predicted octanol–water partition coefficient (Wildman–Crippen LogP) is -0.775. The maximum absolute atomic E-state index is 12.6. The molecule has 1 saturated carbocycles. The van der Waals surface area contributed by atoms with Gasteiger partial charge in [-0.1, -0.05) is 19.1 Å². The van der Waals surface area contributed by atoms with Gasteiger partial charge in [-0.3, -0.25) is 19.3 Å². The van der Waals surface area contributed by atoms with E-state index in [1.165, 1.54) is 35.7 Å². The summed E-state index contributed by atoms with van der Waals surface area (Å²) in [6, 6.07) is 0. The second kappa shape index (κ2) is 6.56. The quantitative estimate of drug-likeness (QED) is 0.507. The van der Waals surface area contributed by atoms with Crippen molar-refractivity contribution >= 4 is 17.7 Å². The molecule has 4 atom stereocenters. The summed E-state index contributed by atoms with van der Waals surface area (Å²) in [6.45, 7) is 6.03. The molecule has 4 rings (SSSR count). The smallest absolute Gasteiger partial charge is 0.240 e. The minimum Gasteiger partial charge on any atom is -0.349 e. The molecule has 2 N–H and O–H groups in total. The number of imide groups is 1. The van der Waals surface area contributed by atoms with Gasteiger partial charge in [0.2, 0.25) is 17.7 Å². The summed E-state index contributed by atoms with van der Waals surface area (Å²) in [4.78, 5) is 40.1. The Balaban J connectivity index is 1.25. The molecule has 0 aromatic carbocycles. The van der Waals surface area contributed by atoms with E-state index in [-0.39, 0.29) is 47.9 Å². The highest BCUT2D eigenvalue weighted by Gasteiger charge is 2.59. The molecule has 3 fully saturated rings. The minimum absolute atomic E-state index is 0.115. The molecule has 0 aromatic heterocycles. The monoisotopic (exact) mass is 346 g/mol. The fourth-order valence-electron chi connectivity index (χ4n) is 5.12. The lowest BCUT2D eigenvalue weighted by atomic mass is 9.85. The summed E-state index contributed by atoms with van der Waals surface area (Å²) in [6.07, 6.45) is 7.56. The molecule has 2 heterocycles. The van der Waals surface area contributed by atoms with Crippen LogP contribution in [0.4, 0.5) is 0 Å². The van der Waals surface area contributed by atoms with Crippen LogP contribution >= 0.6 is 0 Å². The molecule has 2 aliphatic carbocycles. The molecule has 4 unspecified atom stereocenters. The normalized spacial score (nSPS) is 39.2. The van der Waals surface area contributed by atoms with Gasteiger partial charge in [0.1, 0.15) is 6.54 Å². The minimum atomic E-state index is -0.216. The van der Waals surface area contributed by atoms with Crippen LogP contribution in [0.2, 0.25) is 0 Å². The summed E-state index contributed by atoms with van der Waals surface area (Å²) < 4.78 is 0. The highest BCUT2D eigenvalue weighted by molar-refractivity contribution is 6.08. The zero-order valence-corrected chi connectivity index (χ0v) is 14.9. The van der Waals surface area contributed by atoms with E-state index < -0.39 is 0 Å². The molecular weight excluding hydrogens is 318 g/mol. The Labute approximate surface area is 148 Å². The van der Waals surface area contributed by atoms with E-state index in [1.54, 1.807) is 0 Å². The standard InChI is InChI=1S/C19H27N3O3/c1-12-4-7-21(8-5-12)9-6-20-15(23)11-22-18(24)16-13-2-3-14(10-13)17(16)19(22)25/h2-3,12-14,16-17H,4-11H2,1H3,(H,20,23)/p+1. The number of rotatable bonds is 5. The molecule has 2 aliphatic heterocycles. The van der Waals surface area contributed by atoms with Crippen LogP contribution in [0.5, 0.6) is 0 Å². The first-order chi connectivity index (χ1) is 12.0. The summed E-state index contributed by atoms with van der Waals surface area (Å²) >= 11 is 0. The fraction of sp³-hybridized carbons (Fsp3) is 0.737. The Hall–Kier alpha value is -1.69. The van der Waals surface area contributed by atoms with Gasteiger partial charge in [-0.05, 0) is 37.0 Å². The molecule has 0 radical (unpaired) electrons. The van der Waals surface area contributed by atoms with Crippen LogP contribution in [0.15, 0.2) is 12.2 Å². The summed E-state index contributed by atoms with van der Waals surface area (Å²) in [7, 11) is 0. The third kappa shape index (κ3) is 3.01. The van der Waals surface area contributed by atoms with Gasteiger partial charge in [0.05, 0.1) is 38.0 Å². The van der Waals surface area contributed by atoms with Crippen LogP contribution < -0.4 is 10.2 Å². The molecule has 0 aromatic rings. The average Bonchev–Trinajstić information content (AvgIpc) is 3.27. The SMILES string of the molecule is CC1CC[NH+](CCNC(=O)CN2C(=O)C3C4C=CC(C4)C3C2=O)CC1. The van der Waals surface area contributed by atoms with Crippen molar-refractivity contribution in [3.8, 4) is 0 Å². The molecule has 25 heavy (non-hydrogen) atoms. The van der Waals surface area contributed by atoms with Crippen LogP contribution in [-0.4, -0.2) is 55.3 Å². The summed E-state index contributed by atoms with van der Waals surface area (Å²) in [5, 5.41) is 2.89. The van der Waals surface area contributed by atoms with Gasteiger partial charge < -0.3 is 10.2 Å². The zero-order valence-electron chi connectivity index (χ0n) is 14.9.